The molecule has 0 aliphatic carbocycles. The third kappa shape index (κ3) is 7.89. The minimum atomic E-state index is -0.773. The van der Waals surface area contributed by atoms with Gasteiger partial charge >= 0.3 is 11.9 Å². The third-order valence-electron chi connectivity index (χ3n) is 8.19. The van der Waals surface area contributed by atoms with Crippen molar-refractivity contribution in [3.8, 4) is 0 Å². The van der Waals surface area contributed by atoms with Crippen molar-refractivity contribution in [1.29, 1.82) is 0 Å². The molecule has 2 aliphatic heterocycles. The molecule has 0 radical (unpaired) electrons. The summed E-state index contributed by atoms with van der Waals surface area (Å²) in [6, 6.07) is 16.3. The molecule has 2 aromatic carbocycles. The van der Waals surface area contributed by atoms with Gasteiger partial charge in [0.05, 0.1) is 22.9 Å². The second-order valence-electron chi connectivity index (χ2n) is 10.5. The predicted octanol–water partition coefficient (Wildman–Crippen LogP) is 4.25. The summed E-state index contributed by atoms with van der Waals surface area (Å²) >= 11 is 0. The van der Waals surface area contributed by atoms with E-state index in [1.54, 1.807) is 0 Å². The summed E-state index contributed by atoms with van der Waals surface area (Å²) in [6.07, 6.45) is 3.41. The fraction of sp³-hybridized carbons (Fsp3) is 0.483. The second kappa shape index (κ2) is 15.6. The van der Waals surface area contributed by atoms with E-state index in [2.05, 4.69) is 27.3 Å². The highest BCUT2D eigenvalue weighted by Gasteiger charge is 2.33. The van der Waals surface area contributed by atoms with Crippen LogP contribution in [0.1, 0.15) is 29.8 Å². The molecule has 0 amide bonds. The number of carbonyl (C=O) groups is 2. The van der Waals surface area contributed by atoms with Crippen molar-refractivity contribution >= 4 is 60.2 Å². The van der Waals surface area contributed by atoms with Gasteiger partial charge in [0.1, 0.15) is 5.82 Å². The van der Waals surface area contributed by atoms with Crippen molar-refractivity contribution in [2.75, 3.05) is 26.2 Å². The molecule has 11 heteroatoms. The molecule has 2 fully saturated rings. The lowest BCUT2D eigenvalue weighted by Gasteiger charge is -2.19. The molecule has 3 heterocycles. The zero-order chi connectivity index (χ0) is 25.8. The Hall–Kier alpha value is -2.36. The number of hydrogen-bond donors (Lipinski definition) is 4. The number of halogens is 3. The monoisotopic (exact) mass is 612 g/mol. The lowest BCUT2D eigenvalue weighted by atomic mass is 9.86. The summed E-state index contributed by atoms with van der Waals surface area (Å²) in [5, 5.41) is 26.5. The van der Waals surface area contributed by atoms with Gasteiger partial charge in [0.25, 0.3) is 0 Å². The van der Waals surface area contributed by atoms with E-state index < -0.39 is 23.8 Å². The molecule has 8 nitrogen and oxygen atoms in total. The summed E-state index contributed by atoms with van der Waals surface area (Å²) in [6.45, 7) is 3.88. The van der Waals surface area contributed by atoms with E-state index in [1.807, 2.05) is 36.4 Å². The van der Waals surface area contributed by atoms with Crippen LogP contribution in [0.15, 0.2) is 48.5 Å². The van der Waals surface area contributed by atoms with Crippen LogP contribution in [0.2, 0.25) is 0 Å². The number of fused-ring (bicyclic) bond motifs is 1. The number of benzene rings is 2. The molecule has 4 atom stereocenters. The number of carboxylic acids is 2. The minimum Gasteiger partial charge on any atom is -0.481 e. The average molecular weight is 614 g/mol. The molecular weight excluding hydrogens is 575 g/mol. The number of imidazole rings is 1. The van der Waals surface area contributed by atoms with Crippen LogP contribution in [0.25, 0.3) is 11.0 Å². The molecule has 0 unspecified atom stereocenters. The predicted molar refractivity (Wildman–Crippen MR) is 163 cm³/mol. The molecule has 1 aromatic heterocycles. The van der Waals surface area contributed by atoms with Crippen LogP contribution in [0.5, 0.6) is 0 Å². The summed E-state index contributed by atoms with van der Waals surface area (Å²) in [5.41, 5.74) is 3.96. The third-order valence-corrected chi connectivity index (χ3v) is 8.19. The fourth-order valence-corrected chi connectivity index (χ4v) is 6.05. The Labute approximate surface area is 253 Å². The van der Waals surface area contributed by atoms with E-state index in [0.29, 0.717) is 19.4 Å². The van der Waals surface area contributed by atoms with Gasteiger partial charge in [-0.3, -0.25) is 9.59 Å². The van der Waals surface area contributed by atoms with Crippen molar-refractivity contribution < 1.29 is 19.8 Å². The molecule has 3 aromatic rings. The maximum atomic E-state index is 12.2. The number of carboxylic acid groups (broad SMARTS) is 2. The molecular formula is C29H39Cl3N4O4. The second-order valence-corrected chi connectivity index (χ2v) is 10.5. The van der Waals surface area contributed by atoms with Crippen molar-refractivity contribution in [2.24, 2.45) is 23.7 Å². The Morgan fingerprint density at radius 3 is 2.00 bits per heavy atom. The van der Waals surface area contributed by atoms with Crippen LogP contribution in [-0.4, -0.2) is 57.9 Å². The maximum Gasteiger partial charge on any atom is 0.307 e. The fourth-order valence-electron chi connectivity index (χ4n) is 6.05. The summed E-state index contributed by atoms with van der Waals surface area (Å²) in [7, 11) is 0. The largest absolute Gasteiger partial charge is 0.481 e. The van der Waals surface area contributed by atoms with Crippen LogP contribution < -0.4 is 10.6 Å². The van der Waals surface area contributed by atoms with Crippen LogP contribution in [0, 0.1) is 23.7 Å². The van der Waals surface area contributed by atoms with E-state index in [0.717, 1.165) is 67.9 Å². The Bertz CT molecular complexity index is 1240. The van der Waals surface area contributed by atoms with Crippen LogP contribution in [0.4, 0.5) is 0 Å². The first-order valence-electron chi connectivity index (χ1n) is 13.4. The molecule has 40 heavy (non-hydrogen) atoms. The van der Waals surface area contributed by atoms with Gasteiger partial charge in [0.15, 0.2) is 0 Å². The summed E-state index contributed by atoms with van der Waals surface area (Å²) in [5.74, 6) is -1.44. The first kappa shape index (κ1) is 33.8. The first-order chi connectivity index (χ1) is 18.0. The van der Waals surface area contributed by atoms with Crippen molar-refractivity contribution in [1.82, 2.24) is 20.2 Å². The first-order valence-corrected chi connectivity index (χ1v) is 13.4. The highest BCUT2D eigenvalue weighted by molar-refractivity contribution is 5.86. The minimum absolute atomic E-state index is 0. The number of rotatable bonds is 11. The van der Waals surface area contributed by atoms with Gasteiger partial charge in [0.2, 0.25) is 0 Å². The highest BCUT2D eigenvalue weighted by Crippen LogP contribution is 2.28. The van der Waals surface area contributed by atoms with Gasteiger partial charge in [-0.25, -0.2) is 4.98 Å². The van der Waals surface area contributed by atoms with Crippen molar-refractivity contribution in [3.63, 3.8) is 0 Å². The van der Waals surface area contributed by atoms with Gasteiger partial charge in [-0.2, -0.15) is 0 Å². The van der Waals surface area contributed by atoms with E-state index in [4.69, 9.17) is 4.98 Å². The molecule has 0 saturated carbocycles. The van der Waals surface area contributed by atoms with Gasteiger partial charge in [0, 0.05) is 13.0 Å². The van der Waals surface area contributed by atoms with Crippen molar-refractivity contribution in [3.05, 3.63) is 65.5 Å². The number of nitrogens with one attached hydrogen (secondary N) is 2. The lowest BCUT2D eigenvalue weighted by molar-refractivity contribution is -0.144. The van der Waals surface area contributed by atoms with E-state index in [-0.39, 0.29) is 49.1 Å². The molecule has 4 N–H and O–H groups in total. The SMILES string of the molecule is Cl.Cl.Cl.O=C(O)[C@@H](Cc1ccc2c(c1)nc(C[C@H](C(=O)O)[C@H]1CCNC1)n2CCc1ccccc1)[C@H]1CCNC1. The van der Waals surface area contributed by atoms with Crippen LogP contribution in [-0.2, 0) is 35.4 Å². The normalized spacial score (nSPS) is 19.7. The topological polar surface area (TPSA) is 116 Å². The van der Waals surface area contributed by atoms with Crippen LogP contribution in [0.3, 0.4) is 0 Å². The molecule has 220 valence electrons. The zero-order valence-corrected chi connectivity index (χ0v) is 24.8. The van der Waals surface area contributed by atoms with E-state index >= 15 is 0 Å². The Kier molecular flexibility index (Phi) is 13.2. The van der Waals surface area contributed by atoms with Crippen LogP contribution >= 0.6 is 37.2 Å². The quantitative estimate of drug-likeness (QED) is 0.256. The van der Waals surface area contributed by atoms with Gasteiger partial charge in [-0.05, 0) is 87.0 Å². The smallest absolute Gasteiger partial charge is 0.307 e. The highest BCUT2D eigenvalue weighted by atomic mass is 35.5. The standard InChI is InChI=1S/C29H36N4O4.3ClH/c34-28(35)23(21-8-11-30-17-21)14-20-6-7-26-25(15-20)32-27(16-24(29(36)37)22-9-12-31-18-22)33(26)13-10-19-4-2-1-3-5-19;;;/h1-7,15,21-24,30-31H,8-14,16-18H2,(H,34,35)(H,36,37);3*1H/t21-,22-,23-,24-;;;/m0.../s1. The molecule has 0 spiro atoms. The maximum absolute atomic E-state index is 12.2. The van der Waals surface area contributed by atoms with Gasteiger partial charge in [-0.1, -0.05) is 36.4 Å². The number of nitrogens with zero attached hydrogens (tertiary/aromatic N) is 2. The van der Waals surface area contributed by atoms with E-state index in [1.165, 1.54) is 5.56 Å². The Morgan fingerprint density at radius 1 is 0.850 bits per heavy atom. The zero-order valence-electron chi connectivity index (χ0n) is 22.3. The van der Waals surface area contributed by atoms with Gasteiger partial charge < -0.3 is 25.4 Å². The number of hydrogen-bond acceptors (Lipinski definition) is 5. The van der Waals surface area contributed by atoms with Gasteiger partial charge in [-0.15, -0.1) is 37.2 Å². The number of aliphatic carboxylic acids is 2. The Balaban J connectivity index is 0.00000187. The summed E-state index contributed by atoms with van der Waals surface area (Å²) < 4.78 is 2.17. The molecule has 2 aliphatic rings. The van der Waals surface area contributed by atoms with Crippen molar-refractivity contribution in [2.45, 2.75) is 38.6 Å². The number of aromatic nitrogens is 2. The Morgan fingerprint density at radius 2 is 1.45 bits per heavy atom. The molecule has 2 saturated heterocycles. The molecule has 0 bridgehead atoms. The summed E-state index contributed by atoms with van der Waals surface area (Å²) in [4.78, 5) is 29.2. The number of aryl methyl sites for hydroxylation is 2. The average Bonchev–Trinajstić information content (AvgIpc) is 3.66. The van der Waals surface area contributed by atoms with E-state index in [9.17, 15) is 19.8 Å². The molecule has 5 rings (SSSR count). The lowest BCUT2D eigenvalue weighted by Crippen LogP contribution is -2.28.